The molecule has 0 aliphatic heterocycles. The number of amides is 2. The largest absolute Gasteiger partial charge is 0.366 e. The molecule has 0 radical (unpaired) electrons. The van der Waals surface area contributed by atoms with Crippen molar-refractivity contribution < 1.29 is 9.59 Å². The molecule has 0 aliphatic rings. The second-order valence-corrected chi connectivity index (χ2v) is 2.09. The van der Waals surface area contributed by atoms with Gasteiger partial charge in [0.15, 0.2) is 0 Å². The molecule has 0 aromatic carbocycles. The van der Waals surface area contributed by atoms with Crippen LogP contribution in [-0.4, -0.2) is 18.4 Å². The van der Waals surface area contributed by atoms with Crippen molar-refractivity contribution in [1.29, 1.82) is 0 Å². The Morgan fingerprint density at radius 2 is 2.09 bits per heavy atom. The van der Waals surface area contributed by atoms with Crippen LogP contribution in [0.1, 0.15) is 13.8 Å². The van der Waals surface area contributed by atoms with Crippen molar-refractivity contribution in [3.05, 3.63) is 11.6 Å². The van der Waals surface area contributed by atoms with Crippen LogP contribution in [0.15, 0.2) is 11.6 Å². The number of carbonyl (C=O) groups excluding carboxylic acids is 2. The minimum atomic E-state index is -0.603. The Labute approximate surface area is 65.5 Å². The number of hydrogen-bond donors (Lipinski definition) is 2. The van der Waals surface area contributed by atoms with Gasteiger partial charge < -0.3 is 11.1 Å². The standard InChI is InChI=1S/C7H12N2O2/c1-3-9-7(11)5(2)4-6(8)10/h4H,3H2,1-2H3,(H2,8,10)(H,9,11)/b5-4+. The van der Waals surface area contributed by atoms with Gasteiger partial charge in [0.25, 0.3) is 0 Å². The van der Waals surface area contributed by atoms with Crippen molar-refractivity contribution >= 4 is 11.8 Å². The third-order valence-corrected chi connectivity index (χ3v) is 1.05. The number of hydrogen-bond acceptors (Lipinski definition) is 2. The molecule has 4 heteroatoms. The lowest BCUT2D eigenvalue weighted by Crippen LogP contribution is -2.24. The van der Waals surface area contributed by atoms with Crippen molar-refractivity contribution in [2.75, 3.05) is 6.54 Å². The molecule has 2 amide bonds. The molecule has 0 aromatic heterocycles. The minimum absolute atomic E-state index is 0.258. The Balaban J connectivity index is 4.12. The summed E-state index contributed by atoms with van der Waals surface area (Å²) in [6.07, 6.45) is 1.10. The highest BCUT2D eigenvalue weighted by Crippen LogP contribution is 1.90. The quantitative estimate of drug-likeness (QED) is 0.543. The van der Waals surface area contributed by atoms with Crippen molar-refractivity contribution in [3.8, 4) is 0 Å². The van der Waals surface area contributed by atoms with Gasteiger partial charge in [0, 0.05) is 18.2 Å². The summed E-state index contributed by atoms with van der Waals surface area (Å²) in [7, 11) is 0. The number of carbonyl (C=O) groups is 2. The Morgan fingerprint density at radius 3 is 2.45 bits per heavy atom. The molecule has 4 nitrogen and oxygen atoms in total. The summed E-state index contributed by atoms with van der Waals surface area (Å²) in [5, 5.41) is 2.54. The first kappa shape index (κ1) is 9.68. The van der Waals surface area contributed by atoms with Crippen molar-refractivity contribution in [2.24, 2.45) is 5.73 Å². The molecule has 0 aromatic rings. The smallest absolute Gasteiger partial charge is 0.247 e. The molecule has 11 heavy (non-hydrogen) atoms. The second-order valence-electron chi connectivity index (χ2n) is 2.09. The zero-order valence-electron chi connectivity index (χ0n) is 6.68. The number of rotatable bonds is 3. The Kier molecular flexibility index (Phi) is 3.95. The highest BCUT2D eigenvalue weighted by molar-refractivity contribution is 5.99. The SMILES string of the molecule is CCNC(=O)/C(C)=C/C(N)=O. The van der Waals surface area contributed by atoms with E-state index in [1.807, 2.05) is 0 Å². The molecule has 0 atom stereocenters. The fourth-order valence-electron chi connectivity index (χ4n) is 0.579. The molecule has 0 fully saturated rings. The summed E-state index contributed by atoms with van der Waals surface area (Å²) in [5.41, 5.74) is 5.16. The van der Waals surface area contributed by atoms with Gasteiger partial charge in [-0.1, -0.05) is 0 Å². The van der Waals surface area contributed by atoms with E-state index in [0.717, 1.165) is 6.08 Å². The topological polar surface area (TPSA) is 72.2 Å². The predicted molar refractivity (Wildman–Crippen MR) is 41.6 cm³/mol. The van der Waals surface area contributed by atoms with Crippen LogP contribution in [0.3, 0.4) is 0 Å². The summed E-state index contributed by atoms with van der Waals surface area (Å²) < 4.78 is 0. The van der Waals surface area contributed by atoms with Gasteiger partial charge in [-0.3, -0.25) is 9.59 Å². The van der Waals surface area contributed by atoms with Gasteiger partial charge in [0.2, 0.25) is 11.8 Å². The van der Waals surface area contributed by atoms with Crippen LogP contribution in [0.5, 0.6) is 0 Å². The molecular formula is C7H12N2O2. The number of nitrogens with two attached hydrogens (primary N) is 1. The lowest BCUT2D eigenvalue weighted by molar-refractivity contribution is -0.118. The number of likely N-dealkylation sites (N-methyl/N-ethyl adjacent to an activating group) is 1. The summed E-state index contributed by atoms with van der Waals surface area (Å²) in [4.78, 5) is 21.2. The average Bonchev–Trinajstić information content (AvgIpc) is 1.86. The summed E-state index contributed by atoms with van der Waals surface area (Å²) in [5.74, 6) is -0.861. The maximum atomic E-state index is 10.9. The van der Waals surface area contributed by atoms with Crippen LogP contribution in [-0.2, 0) is 9.59 Å². The van der Waals surface area contributed by atoms with Gasteiger partial charge in [-0.25, -0.2) is 0 Å². The van der Waals surface area contributed by atoms with E-state index in [4.69, 9.17) is 5.73 Å². The first-order valence-corrected chi connectivity index (χ1v) is 3.33. The predicted octanol–water partition coefficient (Wildman–Crippen LogP) is -0.446. The molecular weight excluding hydrogens is 144 g/mol. The summed E-state index contributed by atoms with van der Waals surface area (Å²) in [6.45, 7) is 3.88. The Bertz CT molecular complexity index is 197. The highest BCUT2D eigenvalue weighted by atomic mass is 16.2. The zero-order valence-corrected chi connectivity index (χ0v) is 6.68. The van der Waals surface area contributed by atoms with Crippen LogP contribution < -0.4 is 11.1 Å². The van der Waals surface area contributed by atoms with Crippen molar-refractivity contribution in [1.82, 2.24) is 5.32 Å². The van der Waals surface area contributed by atoms with E-state index in [1.165, 1.54) is 6.92 Å². The van der Waals surface area contributed by atoms with Crippen LogP contribution >= 0.6 is 0 Å². The molecule has 3 N–H and O–H groups in total. The van der Waals surface area contributed by atoms with E-state index in [9.17, 15) is 9.59 Å². The van der Waals surface area contributed by atoms with Gasteiger partial charge in [-0.15, -0.1) is 0 Å². The van der Waals surface area contributed by atoms with Gasteiger partial charge >= 0.3 is 0 Å². The molecule has 0 rings (SSSR count). The number of nitrogens with one attached hydrogen (secondary N) is 1. The molecule has 0 bridgehead atoms. The van der Waals surface area contributed by atoms with Crippen LogP contribution in [0.25, 0.3) is 0 Å². The lowest BCUT2D eigenvalue weighted by Gasteiger charge is -1.99. The molecule has 62 valence electrons. The average molecular weight is 156 g/mol. The second kappa shape index (κ2) is 4.49. The van der Waals surface area contributed by atoms with Crippen molar-refractivity contribution in [2.45, 2.75) is 13.8 Å². The maximum Gasteiger partial charge on any atom is 0.247 e. The van der Waals surface area contributed by atoms with Gasteiger partial charge in [0.05, 0.1) is 0 Å². The van der Waals surface area contributed by atoms with E-state index >= 15 is 0 Å². The maximum absolute atomic E-state index is 10.9. The fraction of sp³-hybridized carbons (Fsp3) is 0.429. The molecule has 0 spiro atoms. The van der Waals surface area contributed by atoms with Crippen LogP contribution in [0.4, 0.5) is 0 Å². The van der Waals surface area contributed by atoms with Gasteiger partial charge in [-0.2, -0.15) is 0 Å². The first-order chi connectivity index (χ1) is 5.07. The van der Waals surface area contributed by atoms with Crippen molar-refractivity contribution in [3.63, 3.8) is 0 Å². The summed E-state index contributed by atoms with van der Waals surface area (Å²) >= 11 is 0. The van der Waals surface area contributed by atoms with E-state index in [1.54, 1.807) is 6.92 Å². The highest BCUT2D eigenvalue weighted by Gasteiger charge is 2.01. The monoisotopic (exact) mass is 156 g/mol. The van der Waals surface area contributed by atoms with Crippen LogP contribution in [0, 0.1) is 0 Å². The fourth-order valence-corrected chi connectivity index (χ4v) is 0.579. The van der Waals surface area contributed by atoms with Gasteiger partial charge in [0.1, 0.15) is 0 Å². The normalized spacial score (nSPS) is 10.9. The zero-order chi connectivity index (χ0) is 8.85. The molecule has 0 heterocycles. The third kappa shape index (κ3) is 4.13. The third-order valence-electron chi connectivity index (χ3n) is 1.05. The lowest BCUT2D eigenvalue weighted by atomic mass is 10.2. The van der Waals surface area contributed by atoms with E-state index in [2.05, 4.69) is 5.32 Å². The molecule has 0 saturated heterocycles. The Hall–Kier alpha value is -1.32. The van der Waals surface area contributed by atoms with Crippen LogP contribution in [0.2, 0.25) is 0 Å². The van der Waals surface area contributed by atoms with Gasteiger partial charge in [-0.05, 0) is 13.8 Å². The number of primary amides is 1. The molecule has 0 aliphatic carbocycles. The molecule has 0 saturated carbocycles. The van der Waals surface area contributed by atoms with E-state index in [-0.39, 0.29) is 5.91 Å². The summed E-state index contributed by atoms with van der Waals surface area (Å²) in [6, 6.07) is 0. The minimum Gasteiger partial charge on any atom is -0.366 e. The van der Waals surface area contributed by atoms with E-state index in [0.29, 0.717) is 12.1 Å². The van der Waals surface area contributed by atoms with E-state index < -0.39 is 5.91 Å². The first-order valence-electron chi connectivity index (χ1n) is 3.33. The molecule has 0 unspecified atom stereocenters. The Morgan fingerprint density at radius 1 is 1.55 bits per heavy atom.